The molecule has 8 heteroatoms. The molecule has 0 bridgehead atoms. The van der Waals surface area contributed by atoms with Gasteiger partial charge in [-0.2, -0.15) is 0 Å². The van der Waals surface area contributed by atoms with Crippen molar-refractivity contribution >= 4 is 33.7 Å². The molecule has 1 aromatic carbocycles. The van der Waals surface area contributed by atoms with E-state index in [1.165, 1.54) is 0 Å². The van der Waals surface area contributed by atoms with Crippen LogP contribution in [0.3, 0.4) is 0 Å². The summed E-state index contributed by atoms with van der Waals surface area (Å²) in [7, 11) is 0. The van der Waals surface area contributed by atoms with E-state index < -0.39 is 0 Å². The summed E-state index contributed by atoms with van der Waals surface area (Å²) in [6.07, 6.45) is 5.60. The number of nitrogens with one attached hydrogen (secondary N) is 2. The Hall–Kier alpha value is -3.26. The third-order valence-electron chi connectivity index (χ3n) is 4.61. The van der Waals surface area contributed by atoms with Crippen LogP contribution in [0, 0.1) is 0 Å². The highest BCUT2D eigenvalue weighted by Crippen LogP contribution is 2.24. The van der Waals surface area contributed by atoms with Crippen LogP contribution < -0.4 is 10.6 Å². The number of anilines is 2. The quantitative estimate of drug-likeness (QED) is 0.472. The lowest BCUT2D eigenvalue weighted by atomic mass is 10.1. The van der Waals surface area contributed by atoms with Crippen LogP contribution in [-0.2, 0) is 0 Å². The van der Waals surface area contributed by atoms with Crippen molar-refractivity contribution in [2.75, 3.05) is 5.32 Å². The molecule has 0 aliphatic rings. The Morgan fingerprint density at radius 2 is 2.03 bits per heavy atom. The Kier molecular flexibility index (Phi) is 5.53. The molecule has 148 valence electrons. The predicted octanol–water partition coefficient (Wildman–Crippen LogP) is 4.51. The summed E-state index contributed by atoms with van der Waals surface area (Å²) in [6, 6.07) is 11.6. The van der Waals surface area contributed by atoms with E-state index in [1.54, 1.807) is 23.6 Å². The largest absolute Gasteiger partial charge is 0.349 e. The van der Waals surface area contributed by atoms with Gasteiger partial charge >= 0.3 is 0 Å². The molecule has 4 aromatic rings. The highest BCUT2D eigenvalue weighted by atomic mass is 32.1. The van der Waals surface area contributed by atoms with Gasteiger partial charge < -0.3 is 10.6 Å². The van der Waals surface area contributed by atoms with Gasteiger partial charge in [0.2, 0.25) is 0 Å². The molecule has 3 heterocycles. The number of pyridine rings is 1. The Balaban J connectivity index is 1.60. The van der Waals surface area contributed by atoms with E-state index in [9.17, 15) is 4.79 Å². The van der Waals surface area contributed by atoms with Crippen molar-refractivity contribution in [2.24, 2.45) is 0 Å². The highest BCUT2D eigenvalue weighted by molar-refractivity contribution is 7.13. The number of aromatic nitrogens is 4. The zero-order valence-corrected chi connectivity index (χ0v) is 17.1. The lowest BCUT2D eigenvalue weighted by Gasteiger charge is -2.13. The number of thiazole rings is 1. The molecular weight excluding hydrogens is 384 g/mol. The highest BCUT2D eigenvalue weighted by Gasteiger charge is 2.17. The second kappa shape index (κ2) is 8.40. The molecule has 0 aliphatic heterocycles. The van der Waals surface area contributed by atoms with Crippen molar-refractivity contribution in [1.82, 2.24) is 24.9 Å². The molecule has 4 rings (SSSR count). The average Bonchev–Trinajstić information content (AvgIpc) is 3.38. The van der Waals surface area contributed by atoms with E-state index in [0.717, 1.165) is 29.2 Å². The zero-order valence-electron chi connectivity index (χ0n) is 16.3. The standard InChI is InChI=1S/C21H22N6OS/c1-3-5-14(2)23-20(28)17-6-4-12-27-18(25-26-19(17)27)15-7-9-16(10-8-15)24-21-22-11-13-29-21/h4,6-14H,3,5H2,1-2H3,(H,22,24)(H,23,28)/t14-/m1/s1. The third kappa shape index (κ3) is 4.12. The maximum Gasteiger partial charge on any atom is 0.255 e. The van der Waals surface area contributed by atoms with Crippen molar-refractivity contribution in [3.8, 4) is 11.4 Å². The van der Waals surface area contributed by atoms with Gasteiger partial charge in [0.25, 0.3) is 5.91 Å². The van der Waals surface area contributed by atoms with Gasteiger partial charge in [0.1, 0.15) is 0 Å². The minimum atomic E-state index is -0.126. The molecule has 0 unspecified atom stereocenters. The molecule has 0 spiro atoms. The number of rotatable bonds is 7. The second-order valence-electron chi connectivity index (χ2n) is 6.84. The minimum Gasteiger partial charge on any atom is -0.349 e. The molecule has 1 atom stereocenters. The van der Waals surface area contributed by atoms with Crippen LogP contribution >= 0.6 is 11.3 Å². The lowest BCUT2D eigenvalue weighted by molar-refractivity contribution is 0.0939. The van der Waals surface area contributed by atoms with Gasteiger partial charge in [-0.25, -0.2) is 4.98 Å². The Labute approximate surface area is 172 Å². The Morgan fingerprint density at radius 1 is 1.21 bits per heavy atom. The average molecular weight is 407 g/mol. The van der Waals surface area contributed by atoms with Gasteiger partial charge in [0, 0.05) is 35.1 Å². The fraction of sp³-hybridized carbons (Fsp3) is 0.238. The van der Waals surface area contributed by atoms with Gasteiger partial charge in [-0.1, -0.05) is 13.3 Å². The fourth-order valence-electron chi connectivity index (χ4n) is 3.21. The fourth-order valence-corrected chi connectivity index (χ4v) is 3.76. The van der Waals surface area contributed by atoms with Gasteiger partial charge in [-0.3, -0.25) is 9.20 Å². The van der Waals surface area contributed by atoms with Crippen LogP contribution in [0.1, 0.15) is 37.0 Å². The van der Waals surface area contributed by atoms with Crippen molar-refractivity contribution in [2.45, 2.75) is 32.7 Å². The second-order valence-corrected chi connectivity index (χ2v) is 7.74. The van der Waals surface area contributed by atoms with Gasteiger partial charge in [0.05, 0.1) is 5.56 Å². The Morgan fingerprint density at radius 3 is 2.76 bits per heavy atom. The van der Waals surface area contributed by atoms with E-state index in [0.29, 0.717) is 17.0 Å². The van der Waals surface area contributed by atoms with E-state index >= 15 is 0 Å². The number of hydrogen-bond donors (Lipinski definition) is 2. The molecule has 0 saturated carbocycles. The molecular formula is C21H22N6OS. The van der Waals surface area contributed by atoms with E-state index in [4.69, 9.17) is 0 Å². The smallest absolute Gasteiger partial charge is 0.255 e. The monoisotopic (exact) mass is 406 g/mol. The van der Waals surface area contributed by atoms with Crippen molar-refractivity contribution in [3.05, 3.63) is 59.7 Å². The molecule has 2 N–H and O–H groups in total. The van der Waals surface area contributed by atoms with Crippen molar-refractivity contribution in [1.29, 1.82) is 0 Å². The van der Waals surface area contributed by atoms with Crippen LogP contribution in [-0.4, -0.2) is 31.5 Å². The first-order valence-corrected chi connectivity index (χ1v) is 10.4. The number of carbonyl (C=O) groups excluding carboxylic acids is 1. The van der Waals surface area contributed by atoms with Gasteiger partial charge in [-0.15, -0.1) is 21.5 Å². The predicted molar refractivity (Wildman–Crippen MR) is 116 cm³/mol. The number of carbonyl (C=O) groups is 1. The maximum atomic E-state index is 12.7. The number of hydrogen-bond acceptors (Lipinski definition) is 6. The molecule has 7 nitrogen and oxygen atoms in total. The van der Waals surface area contributed by atoms with Gasteiger partial charge in [0.15, 0.2) is 16.6 Å². The normalized spacial score (nSPS) is 12.1. The third-order valence-corrected chi connectivity index (χ3v) is 5.29. The lowest BCUT2D eigenvalue weighted by Crippen LogP contribution is -2.32. The summed E-state index contributed by atoms with van der Waals surface area (Å²) >= 11 is 1.55. The number of amides is 1. The summed E-state index contributed by atoms with van der Waals surface area (Å²) in [4.78, 5) is 16.9. The van der Waals surface area contributed by atoms with Crippen LogP contribution in [0.25, 0.3) is 17.0 Å². The van der Waals surface area contributed by atoms with Crippen molar-refractivity contribution < 1.29 is 4.79 Å². The number of benzene rings is 1. The number of nitrogens with zero attached hydrogens (tertiary/aromatic N) is 4. The summed E-state index contributed by atoms with van der Waals surface area (Å²) < 4.78 is 1.85. The van der Waals surface area contributed by atoms with Gasteiger partial charge in [-0.05, 0) is 49.7 Å². The summed E-state index contributed by atoms with van der Waals surface area (Å²) in [5.41, 5.74) is 2.94. The molecule has 1 amide bonds. The summed E-state index contributed by atoms with van der Waals surface area (Å²) in [6.45, 7) is 4.12. The van der Waals surface area contributed by atoms with E-state index in [1.807, 2.05) is 53.2 Å². The number of fused-ring (bicyclic) bond motifs is 1. The minimum absolute atomic E-state index is 0.119. The first-order valence-electron chi connectivity index (χ1n) is 9.57. The van der Waals surface area contributed by atoms with E-state index in [-0.39, 0.29) is 11.9 Å². The summed E-state index contributed by atoms with van der Waals surface area (Å²) in [5, 5.41) is 17.7. The molecule has 29 heavy (non-hydrogen) atoms. The molecule has 0 aliphatic carbocycles. The zero-order chi connectivity index (χ0) is 20.2. The molecule has 3 aromatic heterocycles. The molecule has 0 fully saturated rings. The topological polar surface area (TPSA) is 84.2 Å². The van der Waals surface area contributed by atoms with Crippen LogP contribution in [0.15, 0.2) is 54.2 Å². The molecule has 0 saturated heterocycles. The SMILES string of the molecule is CCC[C@@H](C)NC(=O)c1cccn2c(-c3ccc(Nc4nccs4)cc3)nnc12. The summed E-state index contributed by atoms with van der Waals surface area (Å²) in [5.74, 6) is 0.565. The van der Waals surface area contributed by atoms with Crippen LogP contribution in [0.2, 0.25) is 0 Å². The van der Waals surface area contributed by atoms with Crippen LogP contribution in [0.4, 0.5) is 10.8 Å². The maximum absolute atomic E-state index is 12.7. The van der Waals surface area contributed by atoms with Crippen LogP contribution in [0.5, 0.6) is 0 Å². The van der Waals surface area contributed by atoms with Crippen molar-refractivity contribution in [3.63, 3.8) is 0 Å². The van der Waals surface area contributed by atoms with E-state index in [2.05, 4.69) is 32.7 Å². The Bertz CT molecular complexity index is 1100. The first kappa shape index (κ1) is 19.1. The first-order chi connectivity index (χ1) is 14.2. The molecule has 0 radical (unpaired) electrons.